The number of carbonyl (C=O) groups is 2. The molecule has 0 aliphatic carbocycles. The molecule has 5 rings (SSSR count). The minimum atomic E-state index is -0.724. The van der Waals surface area contributed by atoms with Crippen molar-refractivity contribution in [1.82, 2.24) is 19.8 Å². The highest BCUT2D eigenvalue weighted by molar-refractivity contribution is 6.36. The highest BCUT2D eigenvalue weighted by Crippen LogP contribution is 2.39. The van der Waals surface area contributed by atoms with Gasteiger partial charge < -0.3 is 25.3 Å². The van der Waals surface area contributed by atoms with E-state index < -0.39 is 23.0 Å². The minimum absolute atomic E-state index is 0.0239. The van der Waals surface area contributed by atoms with Crippen molar-refractivity contribution in [3.63, 3.8) is 0 Å². The van der Waals surface area contributed by atoms with Crippen LogP contribution in [0, 0.1) is 12.7 Å². The third-order valence-electron chi connectivity index (χ3n) is 8.02. The van der Waals surface area contributed by atoms with Crippen LogP contribution in [0.25, 0.3) is 22.3 Å². The van der Waals surface area contributed by atoms with E-state index in [1.807, 2.05) is 25.1 Å². The largest absolute Gasteiger partial charge is 0.496 e. The fourth-order valence-electron chi connectivity index (χ4n) is 5.55. The molecule has 1 saturated heterocycles. The maximum atomic E-state index is 15.5. The van der Waals surface area contributed by atoms with Crippen molar-refractivity contribution in [3.05, 3.63) is 103 Å². The van der Waals surface area contributed by atoms with E-state index in [0.29, 0.717) is 35.4 Å². The van der Waals surface area contributed by atoms with Crippen LogP contribution in [0.4, 0.5) is 10.1 Å². The maximum Gasteiger partial charge on any atom is 0.330 e. The molecule has 234 valence electrons. The van der Waals surface area contributed by atoms with Crippen molar-refractivity contribution in [2.24, 2.45) is 14.1 Å². The zero-order valence-electron chi connectivity index (χ0n) is 25.3. The van der Waals surface area contributed by atoms with Crippen LogP contribution in [0.15, 0.2) is 64.3 Å². The van der Waals surface area contributed by atoms with Gasteiger partial charge in [-0.25, -0.2) is 9.18 Å². The molecule has 1 fully saturated rings. The molecule has 4 aromatic rings. The Morgan fingerprint density at radius 1 is 1.09 bits per heavy atom. The summed E-state index contributed by atoms with van der Waals surface area (Å²) in [6.45, 7) is 2.66. The lowest BCUT2D eigenvalue weighted by molar-refractivity contribution is -0.119. The summed E-state index contributed by atoms with van der Waals surface area (Å²) in [6, 6.07) is 14.0. The summed E-state index contributed by atoms with van der Waals surface area (Å²) in [4.78, 5) is 49.1. The van der Waals surface area contributed by atoms with Crippen LogP contribution in [0.2, 0.25) is 5.02 Å². The molecular formula is C33H33ClFN5O5. The van der Waals surface area contributed by atoms with Gasteiger partial charge in [0.2, 0.25) is 5.91 Å². The molecule has 2 heterocycles. The summed E-state index contributed by atoms with van der Waals surface area (Å²) in [6.07, 6.45) is 2.43. The van der Waals surface area contributed by atoms with E-state index in [1.165, 1.54) is 33.5 Å². The quantitative estimate of drug-likeness (QED) is 0.255. The van der Waals surface area contributed by atoms with E-state index in [-0.39, 0.29) is 34.8 Å². The lowest BCUT2D eigenvalue weighted by Crippen LogP contribution is -2.40. The van der Waals surface area contributed by atoms with Crippen LogP contribution in [0.3, 0.4) is 0 Å². The second kappa shape index (κ2) is 13.1. The third-order valence-corrected chi connectivity index (χ3v) is 8.43. The summed E-state index contributed by atoms with van der Waals surface area (Å²) in [5, 5.41) is 9.04. The van der Waals surface area contributed by atoms with Gasteiger partial charge in [0.25, 0.3) is 11.5 Å². The predicted octanol–water partition coefficient (Wildman–Crippen LogP) is 4.15. The number of hydrogen-bond acceptors (Lipinski definition) is 6. The lowest BCUT2D eigenvalue weighted by Gasteiger charge is -2.18. The minimum Gasteiger partial charge on any atom is -0.496 e. The second-order valence-corrected chi connectivity index (χ2v) is 11.4. The fourth-order valence-corrected chi connectivity index (χ4v) is 5.83. The van der Waals surface area contributed by atoms with Crippen LogP contribution < -0.4 is 31.9 Å². The second-order valence-electron chi connectivity index (χ2n) is 11.0. The van der Waals surface area contributed by atoms with Gasteiger partial charge in [0, 0.05) is 57.0 Å². The number of nitrogens with zero attached hydrogens (tertiary/aromatic N) is 2. The summed E-state index contributed by atoms with van der Waals surface area (Å²) < 4.78 is 23.1. The number of ether oxygens (including phenoxy) is 1. The monoisotopic (exact) mass is 633 g/mol. The van der Waals surface area contributed by atoms with Crippen molar-refractivity contribution in [3.8, 4) is 28.0 Å². The number of anilines is 1. The standard InChI is InChI=1S/C33H33ClFN5O5/c1-18-21(19-13-26(35)24(28(14-19)45-4)16-36-15-20-11-12-29(41)37-20)7-5-8-22(18)23-9-6-10-27(30(23)34)38-31(42)25-17-39(2)33(44)40(3)32(25)43/h5-10,13-14,17,20,36H,11-12,15-16H2,1-4H3,(H,37,41)(H,38,42). The van der Waals surface area contributed by atoms with Crippen molar-refractivity contribution in [2.75, 3.05) is 19.0 Å². The van der Waals surface area contributed by atoms with Gasteiger partial charge in [-0.15, -0.1) is 0 Å². The number of benzene rings is 3. The summed E-state index contributed by atoms with van der Waals surface area (Å²) >= 11 is 6.81. The predicted molar refractivity (Wildman–Crippen MR) is 171 cm³/mol. The molecule has 45 heavy (non-hydrogen) atoms. The van der Waals surface area contributed by atoms with Crippen molar-refractivity contribution in [2.45, 2.75) is 32.4 Å². The van der Waals surface area contributed by atoms with Crippen LogP contribution in [-0.4, -0.2) is 40.6 Å². The van der Waals surface area contributed by atoms with Crippen molar-refractivity contribution < 1.29 is 18.7 Å². The van der Waals surface area contributed by atoms with Gasteiger partial charge in [-0.3, -0.25) is 19.0 Å². The number of amides is 2. The highest BCUT2D eigenvalue weighted by Gasteiger charge is 2.22. The Bertz CT molecular complexity index is 1940. The SMILES string of the molecule is COc1cc(-c2cccc(-c3cccc(NC(=O)c4cn(C)c(=O)n(C)c4=O)c3Cl)c2C)cc(F)c1CNCC1CCC(=O)N1. The molecule has 1 unspecified atom stereocenters. The Morgan fingerprint density at radius 3 is 2.51 bits per heavy atom. The fraction of sp³-hybridized carbons (Fsp3) is 0.273. The van der Waals surface area contributed by atoms with Crippen LogP contribution in [0.1, 0.15) is 34.3 Å². The lowest BCUT2D eigenvalue weighted by atomic mass is 9.91. The molecule has 1 aliphatic heterocycles. The smallest absolute Gasteiger partial charge is 0.330 e. The molecule has 1 aromatic heterocycles. The molecule has 10 nitrogen and oxygen atoms in total. The molecule has 3 aromatic carbocycles. The summed E-state index contributed by atoms with van der Waals surface area (Å²) in [5.74, 6) is -0.714. The molecule has 0 radical (unpaired) electrons. The maximum absolute atomic E-state index is 15.5. The van der Waals surface area contributed by atoms with E-state index in [4.69, 9.17) is 16.3 Å². The van der Waals surface area contributed by atoms with E-state index in [9.17, 15) is 19.2 Å². The molecule has 2 amide bonds. The Morgan fingerprint density at radius 2 is 1.80 bits per heavy atom. The van der Waals surface area contributed by atoms with Crippen molar-refractivity contribution >= 4 is 29.1 Å². The number of methoxy groups -OCH3 is 1. The van der Waals surface area contributed by atoms with Gasteiger partial charge in [-0.1, -0.05) is 41.9 Å². The van der Waals surface area contributed by atoms with Gasteiger partial charge in [-0.05, 0) is 53.8 Å². The molecule has 3 N–H and O–H groups in total. The molecule has 1 aliphatic rings. The average molecular weight is 634 g/mol. The number of aryl methyl sites for hydroxylation is 1. The van der Waals surface area contributed by atoms with E-state index in [0.717, 1.165) is 32.2 Å². The van der Waals surface area contributed by atoms with Crippen LogP contribution in [-0.2, 0) is 25.4 Å². The topological polar surface area (TPSA) is 123 Å². The number of rotatable bonds is 9. The first-order valence-electron chi connectivity index (χ1n) is 14.3. The van der Waals surface area contributed by atoms with Crippen LogP contribution in [0.5, 0.6) is 5.75 Å². The average Bonchev–Trinajstić information content (AvgIpc) is 3.44. The Kier molecular flexibility index (Phi) is 9.21. The number of carbonyl (C=O) groups excluding carboxylic acids is 2. The van der Waals surface area contributed by atoms with Gasteiger partial charge in [0.15, 0.2) is 0 Å². The molecule has 0 spiro atoms. The van der Waals surface area contributed by atoms with Gasteiger partial charge in [0.1, 0.15) is 17.1 Å². The number of halogens is 2. The summed E-state index contributed by atoms with van der Waals surface area (Å²) in [5.41, 5.74) is 2.76. The number of aromatic nitrogens is 2. The Labute approximate surface area is 263 Å². The summed E-state index contributed by atoms with van der Waals surface area (Å²) in [7, 11) is 4.25. The van der Waals surface area contributed by atoms with Crippen molar-refractivity contribution in [1.29, 1.82) is 0 Å². The third kappa shape index (κ3) is 6.40. The molecular weight excluding hydrogens is 601 g/mol. The molecule has 0 saturated carbocycles. The van der Waals surface area contributed by atoms with Crippen LogP contribution >= 0.6 is 11.6 Å². The number of hydrogen-bond donors (Lipinski definition) is 3. The molecule has 0 bridgehead atoms. The first-order chi connectivity index (χ1) is 21.5. The first kappa shape index (κ1) is 31.7. The molecule has 1 atom stereocenters. The van der Waals surface area contributed by atoms with Gasteiger partial charge in [-0.2, -0.15) is 0 Å². The Balaban J connectivity index is 1.42. The first-order valence-corrected chi connectivity index (χ1v) is 14.7. The Hall–Kier alpha value is -4.74. The van der Waals surface area contributed by atoms with E-state index in [2.05, 4.69) is 16.0 Å². The normalized spacial score (nSPS) is 14.4. The number of nitrogens with one attached hydrogen (secondary N) is 3. The highest BCUT2D eigenvalue weighted by atomic mass is 35.5. The van der Waals surface area contributed by atoms with E-state index >= 15 is 4.39 Å². The van der Waals surface area contributed by atoms with Gasteiger partial charge >= 0.3 is 5.69 Å². The van der Waals surface area contributed by atoms with Gasteiger partial charge in [0.05, 0.1) is 17.8 Å². The zero-order chi connectivity index (χ0) is 32.4. The zero-order valence-corrected chi connectivity index (χ0v) is 26.0. The molecule has 12 heteroatoms. The van der Waals surface area contributed by atoms with E-state index in [1.54, 1.807) is 24.3 Å².